The number of carboxylic acid groups (broad SMARTS) is 1. The van der Waals surface area contributed by atoms with Crippen LogP contribution in [0.4, 0.5) is 0 Å². The molecule has 2 N–H and O–H groups in total. The molecule has 3 aliphatic rings. The van der Waals surface area contributed by atoms with E-state index in [-0.39, 0.29) is 36.3 Å². The molecule has 6 atom stereocenters. The number of likely N-dealkylation sites (tertiary alicyclic amines) is 1. The number of amides is 1. The molecule has 3 rings (SSSR count). The average Bonchev–Trinajstić information content (AvgIpc) is 3.10. The summed E-state index contributed by atoms with van der Waals surface area (Å²) in [4.78, 5) is 26.0. The van der Waals surface area contributed by atoms with Gasteiger partial charge in [-0.05, 0) is 30.6 Å². The summed E-state index contributed by atoms with van der Waals surface area (Å²) in [7, 11) is 0. The second-order valence-corrected chi connectivity index (χ2v) is 6.39. The Labute approximate surface area is 118 Å². The van der Waals surface area contributed by atoms with Gasteiger partial charge in [-0.25, -0.2) is 0 Å². The lowest BCUT2D eigenvalue weighted by atomic mass is 9.82. The van der Waals surface area contributed by atoms with Crippen molar-refractivity contribution in [2.75, 3.05) is 13.2 Å². The van der Waals surface area contributed by atoms with Crippen LogP contribution in [0.15, 0.2) is 12.2 Å². The number of carboxylic acids is 1. The first-order chi connectivity index (χ1) is 9.54. The molecule has 0 aromatic carbocycles. The minimum Gasteiger partial charge on any atom is -0.481 e. The third-order valence-electron chi connectivity index (χ3n) is 5.38. The third-order valence-corrected chi connectivity index (χ3v) is 5.38. The fraction of sp³-hybridized carbons (Fsp3) is 0.733. The molecule has 110 valence electrons. The van der Waals surface area contributed by atoms with E-state index in [0.29, 0.717) is 6.54 Å². The molecule has 0 aromatic rings. The zero-order valence-electron chi connectivity index (χ0n) is 11.6. The number of hydrogen-bond acceptors (Lipinski definition) is 3. The molecule has 1 saturated heterocycles. The number of aliphatic carboxylic acids is 1. The summed E-state index contributed by atoms with van der Waals surface area (Å²) in [5.41, 5.74) is 0. The highest BCUT2D eigenvalue weighted by atomic mass is 16.4. The normalized spacial score (nSPS) is 42.4. The molecule has 5 heteroatoms. The Morgan fingerprint density at radius 2 is 1.90 bits per heavy atom. The van der Waals surface area contributed by atoms with Gasteiger partial charge in [0.05, 0.1) is 24.5 Å². The van der Waals surface area contributed by atoms with Gasteiger partial charge in [-0.3, -0.25) is 9.59 Å². The van der Waals surface area contributed by atoms with Crippen LogP contribution in [0.25, 0.3) is 0 Å². The van der Waals surface area contributed by atoms with Crippen molar-refractivity contribution in [2.45, 2.75) is 25.8 Å². The second kappa shape index (κ2) is 4.88. The van der Waals surface area contributed by atoms with Crippen LogP contribution in [0.5, 0.6) is 0 Å². The van der Waals surface area contributed by atoms with Crippen LogP contribution in [0, 0.1) is 29.6 Å². The smallest absolute Gasteiger partial charge is 0.307 e. The summed E-state index contributed by atoms with van der Waals surface area (Å²) in [6, 6.07) is -0.153. The minimum atomic E-state index is -0.868. The Morgan fingerprint density at radius 1 is 1.25 bits per heavy atom. The lowest BCUT2D eigenvalue weighted by Gasteiger charge is -2.32. The quantitative estimate of drug-likeness (QED) is 0.747. The Hall–Kier alpha value is -1.36. The SMILES string of the molecule is CC1CCN(C(=O)[C@H]2C3C=CC(C3)[C@H]2C(=O)O)C1CO. The van der Waals surface area contributed by atoms with Gasteiger partial charge in [0.2, 0.25) is 5.91 Å². The fourth-order valence-electron chi connectivity index (χ4n) is 4.25. The van der Waals surface area contributed by atoms with Gasteiger partial charge >= 0.3 is 5.97 Å². The maximum atomic E-state index is 12.8. The van der Waals surface area contributed by atoms with Crippen molar-refractivity contribution < 1.29 is 19.8 Å². The van der Waals surface area contributed by atoms with E-state index in [1.807, 2.05) is 19.1 Å². The van der Waals surface area contributed by atoms with Crippen molar-refractivity contribution in [1.82, 2.24) is 4.90 Å². The van der Waals surface area contributed by atoms with Gasteiger partial charge in [-0.15, -0.1) is 0 Å². The molecule has 4 unspecified atom stereocenters. The first-order valence-corrected chi connectivity index (χ1v) is 7.37. The highest BCUT2D eigenvalue weighted by Crippen LogP contribution is 2.49. The molecule has 2 fully saturated rings. The number of hydrogen-bond donors (Lipinski definition) is 2. The third kappa shape index (κ3) is 1.87. The molecule has 20 heavy (non-hydrogen) atoms. The Balaban J connectivity index is 1.83. The Morgan fingerprint density at radius 3 is 2.50 bits per heavy atom. The van der Waals surface area contributed by atoms with Gasteiger partial charge in [0, 0.05) is 6.54 Å². The van der Waals surface area contributed by atoms with Crippen molar-refractivity contribution in [3.63, 3.8) is 0 Å². The summed E-state index contributed by atoms with van der Waals surface area (Å²) in [6.07, 6.45) is 5.61. The van der Waals surface area contributed by atoms with Crippen LogP contribution >= 0.6 is 0 Å². The summed E-state index contributed by atoms with van der Waals surface area (Å²) in [5, 5.41) is 18.9. The van der Waals surface area contributed by atoms with Crippen molar-refractivity contribution >= 4 is 11.9 Å². The van der Waals surface area contributed by atoms with Crippen LogP contribution in [0.1, 0.15) is 19.8 Å². The average molecular weight is 279 g/mol. The molecular weight excluding hydrogens is 258 g/mol. The number of aliphatic hydroxyl groups is 1. The minimum absolute atomic E-state index is 0.000877. The molecule has 1 aliphatic heterocycles. The standard InChI is InChI=1S/C15H21NO4/c1-8-4-5-16(11(8)7-17)14(18)12-9-2-3-10(6-9)13(12)15(19)20/h2-3,8-13,17H,4-7H2,1H3,(H,19,20)/t8?,9?,10?,11?,12-,13+/m0/s1. The Bertz CT molecular complexity index is 461. The van der Waals surface area contributed by atoms with Gasteiger partial charge in [-0.2, -0.15) is 0 Å². The first kappa shape index (κ1) is 13.6. The summed E-state index contributed by atoms with van der Waals surface area (Å²) in [6.45, 7) is 2.63. The number of aliphatic hydroxyl groups excluding tert-OH is 1. The van der Waals surface area contributed by atoms with Crippen LogP contribution in [-0.4, -0.2) is 46.2 Å². The van der Waals surface area contributed by atoms with Crippen LogP contribution in [0.3, 0.4) is 0 Å². The molecule has 0 radical (unpaired) electrons. The first-order valence-electron chi connectivity index (χ1n) is 7.37. The molecule has 2 bridgehead atoms. The Kier molecular flexibility index (Phi) is 3.32. The van der Waals surface area contributed by atoms with E-state index in [1.165, 1.54) is 0 Å². The number of allylic oxidation sites excluding steroid dienone is 2. The lowest BCUT2D eigenvalue weighted by Crippen LogP contribution is -2.47. The number of carbonyl (C=O) groups excluding carboxylic acids is 1. The summed E-state index contributed by atoms with van der Waals surface area (Å²) < 4.78 is 0. The number of carbonyl (C=O) groups is 2. The molecule has 5 nitrogen and oxygen atoms in total. The predicted octanol–water partition coefficient (Wildman–Crippen LogP) is 0.739. The number of fused-ring (bicyclic) bond motifs is 2. The van der Waals surface area contributed by atoms with Crippen molar-refractivity contribution in [2.24, 2.45) is 29.6 Å². The lowest BCUT2D eigenvalue weighted by molar-refractivity contribution is -0.151. The molecule has 1 amide bonds. The highest BCUT2D eigenvalue weighted by Gasteiger charge is 2.53. The molecule has 1 saturated carbocycles. The van der Waals surface area contributed by atoms with Gasteiger partial charge in [-0.1, -0.05) is 19.1 Å². The summed E-state index contributed by atoms with van der Waals surface area (Å²) >= 11 is 0. The van der Waals surface area contributed by atoms with Crippen LogP contribution in [0.2, 0.25) is 0 Å². The van der Waals surface area contributed by atoms with Crippen molar-refractivity contribution in [3.05, 3.63) is 12.2 Å². The maximum absolute atomic E-state index is 12.8. The molecule has 0 aromatic heterocycles. The van der Waals surface area contributed by atoms with Crippen LogP contribution < -0.4 is 0 Å². The monoisotopic (exact) mass is 279 g/mol. The van der Waals surface area contributed by atoms with Gasteiger partial charge in [0.1, 0.15) is 0 Å². The van der Waals surface area contributed by atoms with E-state index in [4.69, 9.17) is 0 Å². The molecule has 1 heterocycles. The van der Waals surface area contributed by atoms with E-state index >= 15 is 0 Å². The zero-order valence-corrected chi connectivity index (χ0v) is 11.6. The second-order valence-electron chi connectivity index (χ2n) is 6.39. The van der Waals surface area contributed by atoms with Gasteiger partial charge in [0.25, 0.3) is 0 Å². The molecular formula is C15H21NO4. The van der Waals surface area contributed by atoms with E-state index < -0.39 is 17.8 Å². The van der Waals surface area contributed by atoms with E-state index in [2.05, 4.69) is 0 Å². The van der Waals surface area contributed by atoms with Crippen molar-refractivity contribution in [3.8, 4) is 0 Å². The van der Waals surface area contributed by atoms with Crippen molar-refractivity contribution in [1.29, 1.82) is 0 Å². The zero-order chi connectivity index (χ0) is 14.4. The predicted molar refractivity (Wildman–Crippen MR) is 71.7 cm³/mol. The number of nitrogens with zero attached hydrogens (tertiary/aromatic N) is 1. The molecule has 2 aliphatic carbocycles. The van der Waals surface area contributed by atoms with Gasteiger partial charge < -0.3 is 15.1 Å². The summed E-state index contributed by atoms with van der Waals surface area (Å²) in [5.74, 6) is -1.63. The van der Waals surface area contributed by atoms with E-state index in [1.54, 1.807) is 4.90 Å². The highest BCUT2D eigenvalue weighted by molar-refractivity contribution is 5.87. The topological polar surface area (TPSA) is 77.8 Å². The molecule has 0 spiro atoms. The fourth-order valence-corrected chi connectivity index (χ4v) is 4.25. The largest absolute Gasteiger partial charge is 0.481 e. The van der Waals surface area contributed by atoms with Gasteiger partial charge in [0.15, 0.2) is 0 Å². The van der Waals surface area contributed by atoms with E-state index in [0.717, 1.165) is 12.8 Å². The van der Waals surface area contributed by atoms with Crippen LogP contribution in [-0.2, 0) is 9.59 Å². The number of rotatable bonds is 3. The van der Waals surface area contributed by atoms with E-state index in [9.17, 15) is 19.8 Å². The maximum Gasteiger partial charge on any atom is 0.307 e.